The molecule has 1 aliphatic carbocycles. The topological polar surface area (TPSA) is 175 Å². The quantitative estimate of drug-likeness (QED) is 0.0257. The Morgan fingerprint density at radius 1 is 0.426 bits per heavy atom. The smallest absolute Gasteiger partial charge is 0.387 e. The molecule has 0 radical (unpaired) electrons. The van der Waals surface area contributed by atoms with Crippen LogP contribution in [0.2, 0.25) is 0 Å². The summed E-state index contributed by atoms with van der Waals surface area (Å²) in [5.74, 6) is 5.61. The molecule has 1 fully saturated rings. The van der Waals surface area contributed by atoms with Gasteiger partial charge in [-0.05, 0) is 60.2 Å². The zero-order chi connectivity index (χ0) is 46.0. The van der Waals surface area contributed by atoms with Crippen LogP contribution in [0.5, 0.6) is 0 Å². The van der Waals surface area contributed by atoms with Gasteiger partial charge in [-0.25, -0.2) is 4.57 Å². The summed E-state index contributed by atoms with van der Waals surface area (Å²) < 4.78 is 35.5. The van der Waals surface area contributed by atoms with Gasteiger partial charge in [0.1, 0.15) is 42.7 Å². The molecular formula is C49H99O11P. The predicted octanol–water partition coefficient (Wildman–Crippen LogP) is 10.6. The molecule has 0 saturated heterocycles. The highest BCUT2D eigenvalue weighted by atomic mass is 31.2. The lowest BCUT2D eigenvalue weighted by Crippen LogP contribution is -2.64. The van der Waals surface area contributed by atoms with Crippen molar-refractivity contribution in [2.24, 2.45) is 47.3 Å². The maximum atomic E-state index is 13.0. The van der Waals surface area contributed by atoms with E-state index in [2.05, 4.69) is 69.2 Å². The number of phosphoric ester groups is 1. The number of aliphatic hydroxyl groups is 5. The molecule has 0 heterocycles. The normalized spacial score (nSPS) is 25.6. The molecule has 14 atom stereocenters. The Morgan fingerprint density at radius 3 is 1.10 bits per heavy atom. The number of ether oxygens (including phenoxy) is 2. The monoisotopic (exact) mass is 895 g/mol. The van der Waals surface area contributed by atoms with Crippen LogP contribution in [0.15, 0.2) is 0 Å². The van der Waals surface area contributed by atoms with Crippen LogP contribution in [0.25, 0.3) is 0 Å². The molecule has 0 aliphatic heterocycles. The summed E-state index contributed by atoms with van der Waals surface area (Å²) >= 11 is 0. The van der Waals surface area contributed by atoms with E-state index in [0.29, 0.717) is 31.0 Å². The summed E-state index contributed by atoms with van der Waals surface area (Å²) in [5, 5.41) is 50.6. The highest BCUT2D eigenvalue weighted by Crippen LogP contribution is 2.47. The molecule has 12 heteroatoms. The summed E-state index contributed by atoms with van der Waals surface area (Å²) in [6, 6.07) is 0. The molecule has 0 spiro atoms. The van der Waals surface area contributed by atoms with Crippen LogP contribution >= 0.6 is 7.82 Å². The Hall–Kier alpha value is -0.170. The van der Waals surface area contributed by atoms with E-state index >= 15 is 0 Å². The van der Waals surface area contributed by atoms with E-state index < -0.39 is 50.6 Å². The third-order valence-electron chi connectivity index (χ3n) is 13.3. The largest absolute Gasteiger partial charge is 0.472 e. The van der Waals surface area contributed by atoms with Gasteiger partial charge >= 0.3 is 7.82 Å². The minimum Gasteiger partial charge on any atom is -0.387 e. The lowest BCUT2D eigenvalue weighted by molar-refractivity contribution is -0.220. The molecule has 0 aromatic heterocycles. The van der Waals surface area contributed by atoms with E-state index in [1.807, 2.05) is 0 Å². The maximum Gasteiger partial charge on any atom is 0.472 e. The van der Waals surface area contributed by atoms with Crippen molar-refractivity contribution < 1.29 is 53.5 Å². The summed E-state index contributed by atoms with van der Waals surface area (Å²) in [7, 11) is -4.92. The van der Waals surface area contributed by atoms with Gasteiger partial charge in [-0.3, -0.25) is 9.05 Å². The van der Waals surface area contributed by atoms with Crippen LogP contribution in [-0.2, 0) is 23.1 Å². The molecule has 0 amide bonds. The van der Waals surface area contributed by atoms with E-state index in [1.54, 1.807) is 0 Å². The molecule has 366 valence electrons. The number of rotatable bonds is 38. The van der Waals surface area contributed by atoms with Crippen LogP contribution in [0, 0.1) is 47.3 Å². The number of phosphoric acid groups is 1. The van der Waals surface area contributed by atoms with Gasteiger partial charge in [-0.2, -0.15) is 0 Å². The molecule has 0 aromatic rings. The van der Waals surface area contributed by atoms with Gasteiger partial charge in [0, 0.05) is 13.2 Å². The van der Waals surface area contributed by atoms with Gasteiger partial charge in [0.2, 0.25) is 0 Å². The molecule has 10 unspecified atom stereocenters. The molecular weight excluding hydrogens is 796 g/mol. The zero-order valence-electron chi connectivity index (χ0n) is 40.8. The average molecular weight is 895 g/mol. The SMILES string of the molecule is CC(C)CCCC(C)CCCC(C)CCCC(C)CCOCC(COP(=O)(O)OC1[C@H](O)[C@H](O)C(O)[C@H](O)[C@H]1O)OCCC(C)CCCC(C)CCCC(C)CCCC(C)C. The molecule has 61 heavy (non-hydrogen) atoms. The fraction of sp³-hybridized carbons (Fsp3) is 1.00. The summed E-state index contributed by atoms with van der Waals surface area (Å²) in [5.41, 5.74) is 0. The number of hydrogen-bond donors (Lipinski definition) is 6. The van der Waals surface area contributed by atoms with Crippen molar-refractivity contribution in [3.63, 3.8) is 0 Å². The van der Waals surface area contributed by atoms with Crippen LogP contribution < -0.4 is 0 Å². The van der Waals surface area contributed by atoms with Crippen molar-refractivity contribution in [2.75, 3.05) is 26.4 Å². The van der Waals surface area contributed by atoms with E-state index in [4.69, 9.17) is 18.5 Å². The Balaban J connectivity index is 2.55. The summed E-state index contributed by atoms with van der Waals surface area (Å²) in [6.07, 6.45) is 12.6. The first kappa shape index (κ1) is 58.8. The fourth-order valence-corrected chi connectivity index (χ4v) is 9.61. The van der Waals surface area contributed by atoms with Crippen LogP contribution in [0.1, 0.15) is 198 Å². The second-order valence-electron chi connectivity index (χ2n) is 20.9. The van der Waals surface area contributed by atoms with Crippen LogP contribution in [-0.4, -0.2) is 99.6 Å². The van der Waals surface area contributed by atoms with Crippen molar-refractivity contribution in [2.45, 2.75) is 240 Å². The molecule has 11 nitrogen and oxygen atoms in total. The predicted molar refractivity (Wildman–Crippen MR) is 248 cm³/mol. The zero-order valence-corrected chi connectivity index (χ0v) is 41.7. The highest BCUT2D eigenvalue weighted by Gasteiger charge is 2.51. The Bertz CT molecular complexity index is 1080. The van der Waals surface area contributed by atoms with Crippen molar-refractivity contribution in [1.82, 2.24) is 0 Å². The standard InChI is InChI=1S/C49H99O11P/c1-35(2)17-11-19-37(5)21-13-23-39(7)25-15-27-41(9)29-31-57-33-43(34-59-61(55,56)60-49-47(53)45(51)44(50)46(52)48(49)54)58-32-30-42(10)28-16-26-40(8)24-14-22-38(6)20-12-18-36(3)4/h35-54H,11-34H2,1-10H3,(H,55,56)/t37?,38?,39?,40?,41?,42?,43?,44?,45-,46+,47-,48-,49?/m1/s1. The second-order valence-corrected chi connectivity index (χ2v) is 22.3. The summed E-state index contributed by atoms with van der Waals surface area (Å²) in [4.78, 5) is 10.5. The lowest BCUT2D eigenvalue weighted by atomic mass is 9.85. The van der Waals surface area contributed by atoms with Crippen molar-refractivity contribution >= 4 is 7.82 Å². The van der Waals surface area contributed by atoms with E-state index in [1.165, 1.54) is 103 Å². The van der Waals surface area contributed by atoms with Gasteiger partial charge in [0.25, 0.3) is 0 Å². The summed E-state index contributed by atoms with van der Waals surface area (Å²) in [6.45, 7) is 24.0. The second kappa shape index (κ2) is 33.3. The van der Waals surface area contributed by atoms with Gasteiger partial charge in [-0.15, -0.1) is 0 Å². The van der Waals surface area contributed by atoms with Crippen molar-refractivity contribution in [1.29, 1.82) is 0 Å². The van der Waals surface area contributed by atoms with Gasteiger partial charge < -0.3 is 39.9 Å². The van der Waals surface area contributed by atoms with Gasteiger partial charge in [0.05, 0.1) is 13.2 Å². The minimum atomic E-state index is -4.92. The number of aliphatic hydroxyl groups excluding tert-OH is 5. The Labute approximate surface area is 374 Å². The van der Waals surface area contributed by atoms with Gasteiger partial charge in [0.15, 0.2) is 0 Å². The van der Waals surface area contributed by atoms with Crippen LogP contribution in [0.3, 0.4) is 0 Å². The van der Waals surface area contributed by atoms with E-state index in [0.717, 1.165) is 55.3 Å². The molecule has 1 saturated carbocycles. The Morgan fingerprint density at radius 2 is 0.738 bits per heavy atom. The molecule has 0 bridgehead atoms. The van der Waals surface area contributed by atoms with E-state index in [-0.39, 0.29) is 13.2 Å². The Kier molecular flexibility index (Phi) is 32.1. The van der Waals surface area contributed by atoms with Crippen molar-refractivity contribution in [3.8, 4) is 0 Å². The van der Waals surface area contributed by atoms with Gasteiger partial charge in [-0.1, -0.05) is 185 Å². The first-order chi connectivity index (χ1) is 28.7. The minimum absolute atomic E-state index is 0.139. The molecule has 1 rings (SSSR count). The fourth-order valence-electron chi connectivity index (χ4n) is 8.64. The molecule has 6 N–H and O–H groups in total. The first-order valence-electron chi connectivity index (χ1n) is 25.0. The first-order valence-corrected chi connectivity index (χ1v) is 26.5. The lowest BCUT2D eigenvalue weighted by Gasteiger charge is -2.41. The molecule has 1 aliphatic rings. The third kappa shape index (κ3) is 28.5. The maximum absolute atomic E-state index is 13.0. The third-order valence-corrected chi connectivity index (χ3v) is 14.3. The molecule has 0 aromatic carbocycles. The highest BCUT2D eigenvalue weighted by molar-refractivity contribution is 7.47. The van der Waals surface area contributed by atoms with Crippen molar-refractivity contribution in [3.05, 3.63) is 0 Å². The van der Waals surface area contributed by atoms with E-state index in [9.17, 15) is 35.0 Å². The number of hydrogen-bond acceptors (Lipinski definition) is 10. The van der Waals surface area contributed by atoms with Crippen LogP contribution in [0.4, 0.5) is 0 Å². The average Bonchev–Trinajstić information content (AvgIpc) is 3.18.